The van der Waals surface area contributed by atoms with Crippen molar-refractivity contribution >= 4 is 5.91 Å². The number of benzene rings is 2. The molecule has 1 N–H and O–H groups in total. The average Bonchev–Trinajstić information content (AvgIpc) is 3.05. The van der Waals surface area contributed by atoms with Gasteiger partial charge in [-0.1, -0.05) is 18.2 Å². The van der Waals surface area contributed by atoms with Gasteiger partial charge in [0.05, 0.1) is 29.4 Å². The predicted octanol–water partition coefficient (Wildman–Crippen LogP) is 5.22. The predicted molar refractivity (Wildman–Crippen MR) is 118 cm³/mol. The van der Waals surface area contributed by atoms with Gasteiger partial charge in [0.25, 0.3) is 5.91 Å². The van der Waals surface area contributed by atoms with Crippen molar-refractivity contribution in [3.63, 3.8) is 0 Å². The first kappa shape index (κ1) is 22.6. The number of rotatable bonds is 4. The maximum Gasteiger partial charge on any atom is 0.394 e. The normalized spacial score (nSPS) is 14.2. The third kappa shape index (κ3) is 4.63. The molecule has 1 aromatic heterocycles. The minimum atomic E-state index is -4.38. The highest BCUT2D eigenvalue weighted by atomic mass is 19.4. The van der Waals surface area contributed by atoms with Gasteiger partial charge >= 0.3 is 6.18 Å². The molecule has 0 aliphatic carbocycles. The lowest BCUT2D eigenvalue weighted by Gasteiger charge is -2.40. The summed E-state index contributed by atoms with van der Waals surface area (Å²) in [6.45, 7) is 6.36. The summed E-state index contributed by atoms with van der Waals surface area (Å²) in [7, 11) is 0. The van der Waals surface area contributed by atoms with Gasteiger partial charge < -0.3 is 9.88 Å². The van der Waals surface area contributed by atoms with E-state index in [1.54, 1.807) is 30.0 Å². The molecule has 1 saturated heterocycles. The van der Waals surface area contributed by atoms with E-state index in [0.717, 1.165) is 16.7 Å². The molecular weight excluding hydrogens is 429 g/mol. The van der Waals surface area contributed by atoms with Crippen molar-refractivity contribution in [1.82, 2.24) is 14.9 Å². The number of amides is 1. The van der Waals surface area contributed by atoms with Gasteiger partial charge in [0.2, 0.25) is 0 Å². The number of aryl methyl sites for hydroxylation is 3. The number of nitrogens with zero attached hydrogens (tertiary/aromatic N) is 3. The SMILES string of the molecule is Cc1nc(CC(F)(F)F)c(-c2cc(C(=O)N3CC(c4ccc(C#N)cc4)C3)c(C)cc2C)[nH]1. The molecule has 170 valence electrons. The highest BCUT2D eigenvalue weighted by Crippen LogP contribution is 2.34. The van der Waals surface area contributed by atoms with Crippen LogP contribution >= 0.6 is 0 Å². The molecule has 3 aromatic rings. The lowest BCUT2D eigenvalue weighted by molar-refractivity contribution is -0.127. The van der Waals surface area contributed by atoms with E-state index in [0.29, 0.717) is 41.3 Å². The van der Waals surface area contributed by atoms with E-state index in [2.05, 4.69) is 16.0 Å². The van der Waals surface area contributed by atoms with Gasteiger partial charge in [0, 0.05) is 30.1 Å². The van der Waals surface area contributed by atoms with Crippen molar-refractivity contribution in [3.8, 4) is 17.3 Å². The summed E-state index contributed by atoms with van der Waals surface area (Å²) in [4.78, 5) is 21.9. The van der Waals surface area contributed by atoms with Crippen LogP contribution in [0.2, 0.25) is 0 Å². The zero-order valence-corrected chi connectivity index (χ0v) is 18.5. The van der Waals surface area contributed by atoms with E-state index in [-0.39, 0.29) is 17.5 Å². The van der Waals surface area contributed by atoms with Gasteiger partial charge in [-0.25, -0.2) is 4.98 Å². The van der Waals surface area contributed by atoms with Crippen molar-refractivity contribution in [1.29, 1.82) is 5.26 Å². The Morgan fingerprint density at radius 3 is 2.42 bits per heavy atom. The number of aromatic nitrogens is 2. The molecule has 1 fully saturated rings. The molecular formula is C25H23F3N4O. The van der Waals surface area contributed by atoms with Crippen molar-refractivity contribution in [2.24, 2.45) is 0 Å². The highest BCUT2D eigenvalue weighted by Gasteiger charge is 2.34. The largest absolute Gasteiger partial charge is 0.394 e. The average molecular weight is 452 g/mol. The van der Waals surface area contributed by atoms with Crippen molar-refractivity contribution in [2.45, 2.75) is 39.3 Å². The Morgan fingerprint density at radius 1 is 1.15 bits per heavy atom. The summed E-state index contributed by atoms with van der Waals surface area (Å²) in [5.41, 5.74) is 4.46. The van der Waals surface area contributed by atoms with Gasteiger partial charge in [-0.3, -0.25) is 4.79 Å². The van der Waals surface area contributed by atoms with E-state index < -0.39 is 12.6 Å². The summed E-state index contributed by atoms with van der Waals surface area (Å²) in [5.74, 6) is 0.443. The summed E-state index contributed by atoms with van der Waals surface area (Å²) < 4.78 is 39.2. The van der Waals surface area contributed by atoms with Crippen LogP contribution in [0.1, 0.15) is 50.0 Å². The maximum absolute atomic E-state index is 13.2. The number of carbonyl (C=O) groups is 1. The standard InChI is InChI=1S/C25H23F3N4O/c1-14-8-15(2)21(9-20(14)23-22(10-25(26,27)28)30-16(3)31-23)24(33)32-12-19(13-32)18-6-4-17(11-29)5-7-18/h4-9,19H,10,12-13H2,1-3H3,(H,30,31). The fraction of sp³-hybridized carbons (Fsp3) is 0.320. The number of aromatic amines is 1. The molecule has 4 rings (SSSR count). The van der Waals surface area contributed by atoms with Crippen LogP contribution < -0.4 is 0 Å². The maximum atomic E-state index is 13.2. The first-order valence-electron chi connectivity index (χ1n) is 10.6. The molecule has 0 bridgehead atoms. The van der Waals surface area contributed by atoms with E-state index in [1.165, 1.54) is 0 Å². The second-order valence-corrected chi connectivity index (χ2v) is 8.56. The van der Waals surface area contributed by atoms with Gasteiger partial charge in [-0.2, -0.15) is 18.4 Å². The van der Waals surface area contributed by atoms with Gasteiger partial charge in [0.1, 0.15) is 5.82 Å². The van der Waals surface area contributed by atoms with Crippen LogP contribution in [0.25, 0.3) is 11.3 Å². The number of carbonyl (C=O) groups excluding carboxylic acids is 1. The molecule has 0 spiro atoms. The van der Waals surface area contributed by atoms with Gasteiger partial charge in [0.15, 0.2) is 0 Å². The number of hydrogen-bond donors (Lipinski definition) is 1. The summed E-state index contributed by atoms with van der Waals surface area (Å²) in [5, 5.41) is 8.94. The van der Waals surface area contributed by atoms with Crippen LogP contribution in [-0.2, 0) is 6.42 Å². The number of nitriles is 1. The third-order valence-corrected chi connectivity index (χ3v) is 6.02. The van der Waals surface area contributed by atoms with Crippen LogP contribution in [0, 0.1) is 32.1 Å². The molecule has 33 heavy (non-hydrogen) atoms. The number of halogens is 3. The molecule has 0 saturated carbocycles. The van der Waals surface area contributed by atoms with E-state index in [9.17, 15) is 18.0 Å². The van der Waals surface area contributed by atoms with Crippen molar-refractivity contribution < 1.29 is 18.0 Å². The first-order chi connectivity index (χ1) is 15.6. The quantitative estimate of drug-likeness (QED) is 0.590. The Kier molecular flexibility index (Phi) is 5.75. The Morgan fingerprint density at radius 2 is 1.82 bits per heavy atom. The van der Waals surface area contributed by atoms with Crippen LogP contribution in [0.4, 0.5) is 13.2 Å². The lowest BCUT2D eigenvalue weighted by atomic mass is 9.89. The van der Waals surface area contributed by atoms with Crippen molar-refractivity contribution in [2.75, 3.05) is 13.1 Å². The monoisotopic (exact) mass is 452 g/mol. The molecule has 8 heteroatoms. The molecule has 1 aliphatic heterocycles. The second kappa shape index (κ2) is 8.39. The van der Waals surface area contributed by atoms with Gasteiger partial charge in [-0.05, 0) is 55.7 Å². The molecule has 1 aliphatic rings. The zero-order chi connectivity index (χ0) is 23.9. The summed E-state index contributed by atoms with van der Waals surface area (Å²) in [6, 6.07) is 12.9. The topological polar surface area (TPSA) is 72.8 Å². The molecule has 5 nitrogen and oxygen atoms in total. The van der Waals surface area contributed by atoms with Crippen LogP contribution in [-0.4, -0.2) is 40.0 Å². The molecule has 1 amide bonds. The molecule has 0 radical (unpaired) electrons. The third-order valence-electron chi connectivity index (χ3n) is 6.02. The number of nitrogens with one attached hydrogen (secondary N) is 1. The Balaban J connectivity index is 1.58. The van der Waals surface area contributed by atoms with Crippen LogP contribution in [0.15, 0.2) is 36.4 Å². The number of imidazole rings is 1. The number of alkyl halides is 3. The molecule has 0 atom stereocenters. The molecule has 0 unspecified atom stereocenters. The number of H-pyrrole nitrogens is 1. The van der Waals surface area contributed by atoms with E-state index >= 15 is 0 Å². The number of likely N-dealkylation sites (tertiary alicyclic amines) is 1. The minimum Gasteiger partial charge on any atom is -0.342 e. The fourth-order valence-electron chi connectivity index (χ4n) is 4.29. The highest BCUT2D eigenvalue weighted by molar-refractivity contribution is 5.98. The van der Waals surface area contributed by atoms with Crippen LogP contribution in [0.5, 0.6) is 0 Å². The molecule has 2 heterocycles. The zero-order valence-electron chi connectivity index (χ0n) is 18.5. The lowest BCUT2D eigenvalue weighted by Crippen LogP contribution is -2.48. The summed E-state index contributed by atoms with van der Waals surface area (Å²) >= 11 is 0. The first-order valence-corrected chi connectivity index (χ1v) is 10.6. The Labute approximate surface area is 189 Å². The van der Waals surface area contributed by atoms with Gasteiger partial charge in [-0.15, -0.1) is 0 Å². The van der Waals surface area contributed by atoms with Crippen LogP contribution in [0.3, 0.4) is 0 Å². The Hall–Kier alpha value is -3.60. The number of hydrogen-bond acceptors (Lipinski definition) is 3. The van der Waals surface area contributed by atoms with Crippen molar-refractivity contribution in [3.05, 3.63) is 75.7 Å². The minimum absolute atomic E-state index is 0.0739. The fourth-order valence-corrected chi connectivity index (χ4v) is 4.29. The molecule has 2 aromatic carbocycles. The second-order valence-electron chi connectivity index (χ2n) is 8.56. The Bertz CT molecular complexity index is 1250. The van der Waals surface area contributed by atoms with E-state index in [4.69, 9.17) is 5.26 Å². The smallest absolute Gasteiger partial charge is 0.342 e. The summed E-state index contributed by atoms with van der Waals surface area (Å²) in [6.07, 6.45) is -5.52. The van der Waals surface area contributed by atoms with E-state index in [1.807, 2.05) is 32.0 Å².